The molecule has 2 atom stereocenters. The van der Waals surface area contributed by atoms with Gasteiger partial charge in [-0.05, 0) is 38.3 Å². The molecule has 5 heteroatoms. The molecule has 3 rings (SSSR count). The molecule has 2 amide bonds. The number of aryl methyl sites for hydroxylation is 1. The summed E-state index contributed by atoms with van der Waals surface area (Å²) in [5, 5.41) is 0. The normalized spacial score (nSPS) is 24.8. The lowest BCUT2D eigenvalue weighted by Gasteiger charge is -2.36. The third kappa shape index (κ3) is 3.55. The molecule has 5 nitrogen and oxygen atoms in total. The third-order valence-electron chi connectivity index (χ3n) is 5.00. The average molecular weight is 315 g/mol. The van der Waals surface area contributed by atoms with Crippen molar-refractivity contribution in [3.8, 4) is 0 Å². The second-order valence-electron chi connectivity index (χ2n) is 6.75. The quantitative estimate of drug-likeness (QED) is 0.897. The van der Waals surface area contributed by atoms with Crippen molar-refractivity contribution < 1.29 is 9.59 Å². The lowest BCUT2D eigenvalue weighted by Crippen LogP contribution is -2.51. The van der Waals surface area contributed by atoms with Crippen LogP contribution in [0.3, 0.4) is 0 Å². The van der Waals surface area contributed by atoms with E-state index in [4.69, 9.17) is 5.73 Å². The summed E-state index contributed by atoms with van der Waals surface area (Å²) in [6.07, 6.45) is 2.66. The maximum Gasteiger partial charge on any atom is 0.253 e. The van der Waals surface area contributed by atoms with Gasteiger partial charge < -0.3 is 15.5 Å². The van der Waals surface area contributed by atoms with Crippen molar-refractivity contribution in [1.29, 1.82) is 0 Å². The van der Waals surface area contributed by atoms with Crippen LogP contribution in [0.4, 0.5) is 0 Å². The highest BCUT2D eigenvalue weighted by molar-refractivity contribution is 5.94. The minimum Gasteiger partial charge on any atom is -0.339 e. The first kappa shape index (κ1) is 16.0. The van der Waals surface area contributed by atoms with Gasteiger partial charge in [0.1, 0.15) is 0 Å². The van der Waals surface area contributed by atoms with Crippen LogP contribution in [0.2, 0.25) is 0 Å². The highest BCUT2D eigenvalue weighted by atomic mass is 16.2. The molecule has 2 fully saturated rings. The minimum absolute atomic E-state index is 0.0555. The van der Waals surface area contributed by atoms with Crippen LogP contribution >= 0.6 is 0 Å². The van der Waals surface area contributed by atoms with E-state index in [1.165, 1.54) is 0 Å². The van der Waals surface area contributed by atoms with Crippen molar-refractivity contribution >= 4 is 11.8 Å². The Hall–Kier alpha value is -1.88. The number of rotatable bonds is 2. The van der Waals surface area contributed by atoms with E-state index in [1.807, 2.05) is 41.0 Å². The van der Waals surface area contributed by atoms with E-state index in [0.29, 0.717) is 26.2 Å². The standard InChI is InChI=1S/C18H25N3O2/c1-13-2-4-14(5-3-13)17(22)20-8-10-21(11-9-20)18(23)15-6-7-16(19)12-15/h2-5,15-16H,6-12,19H2,1H3. The second-order valence-corrected chi connectivity index (χ2v) is 6.75. The number of piperazine rings is 1. The van der Waals surface area contributed by atoms with Crippen molar-refractivity contribution in [1.82, 2.24) is 9.80 Å². The molecule has 1 saturated heterocycles. The topological polar surface area (TPSA) is 66.6 Å². The summed E-state index contributed by atoms with van der Waals surface area (Å²) in [4.78, 5) is 28.7. The molecule has 124 valence electrons. The van der Waals surface area contributed by atoms with Gasteiger partial charge in [0, 0.05) is 43.7 Å². The van der Waals surface area contributed by atoms with Crippen LogP contribution in [-0.2, 0) is 4.79 Å². The predicted octanol–water partition coefficient (Wildman–Crippen LogP) is 1.41. The zero-order chi connectivity index (χ0) is 16.4. The van der Waals surface area contributed by atoms with Crippen LogP contribution in [-0.4, -0.2) is 53.8 Å². The van der Waals surface area contributed by atoms with Crippen molar-refractivity contribution in [3.63, 3.8) is 0 Å². The van der Waals surface area contributed by atoms with Gasteiger partial charge in [-0.3, -0.25) is 9.59 Å². The highest BCUT2D eigenvalue weighted by Gasteiger charge is 2.33. The van der Waals surface area contributed by atoms with Gasteiger partial charge in [-0.25, -0.2) is 0 Å². The lowest BCUT2D eigenvalue weighted by molar-refractivity contribution is -0.136. The average Bonchev–Trinajstić information content (AvgIpc) is 3.01. The number of nitrogens with zero attached hydrogens (tertiary/aromatic N) is 2. The molecule has 2 N–H and O–H groups in total. The molecular formula is C18H25N3O2. The molecule has 0 aromatic heterocycles. The van der Waals surface area contributed by atoms with Crippen LogP contribution in [0.15, 0.2) is 24.3 Å². The maximum atomic E-state index is 12.5. The first-order valence-electron chi connectivity index (χ1n) is 8.45. The van der Waals surface area contributed by atoms with E-state index in [9.17, 15) is 9.59 Å². The summed E-state index contributed by atoms with van der Waals surface area (Å²) in [7, 11) is 0. The Labute approximate surface area is 137 Å². The smallest absolute Gasteiger partial charge is 0.253 e. The van der Waals surface area contributed by atoms with Gasteiger partial charge in [0.05, 0.1) is 0 Å². The van der Waals surface area contributed by atoms with Gasteiger partial charge in [0.15, 0.2) is 0 Å². The molecule has 1 aliphatic heterocycles. The molecule has 23 heavy (non-hydrogen) atoms. The second kappa shape index (κ2) is 6.71. The fraction of sp³-hybridized carbons (Fsp3) is 0.556. The fourth-order valence-corrected chi connectivity index (χ4v) is 3.51. The highest BCUT2D eigenvalue weighted by Crippen LogP contribution is 2.26. The molecule has 1 aromatic rings. The Balaban J connectivity index is 1.54. The Kier molecular flexibility index (Phi) is 4.66. The summed E-state index contributed by atoms with van der Waals surface area (Å²) in [5.41, 5.74) is 7.77. The number of carbonyl (C=O) groups excluding carboxylic acids is 2. The molecule has 1 saturated carbocycles. The van der Waals surface area contributed by atoms with E-state index in [2.05, 4.69) is 0 Å². The van der Waals surface area contributed by atoms with Crippen LogP contribution in [0.1, 0.15) is 35.2 Å². The van der Waals surface area contributed by atoms with E-state index in [0.717, 1.165) is 30.4 Å². The molecule has 0 bridgehead atoms. The molecule has 2 unspecified atom stereocenters. The Morgan fingerprint density at radius 2 is 1.61 bits per heavy atom. The lowest BCUT2D eigenvalue weighted by atomic mass is 10.1. The maximum absolute atomic E-state index is 12.5. The predicted molar refractivity (Wildman–Crippen MR) is 89.0 cm³/mol. The summed E-state index contributed by atoms with van der Waals surface area (Å²) in [6.45, 7) is 4.48. The Morgan fingerprint density at radius 3 is 2.17 bits per heavy atom. The zero-order valence-corrected chi connectivity index (χ0v) is 13.7. The molecule has 0 spiro atoms. The van der Waals surface area contributed by atoms with E-state index in [-0.39, 0.29) is 23.8 Å². The van der Waals surface area contributed by atoms with E-state index in [1.54, 1.807) is 0 Å². The first-order chi connectivity index (χ1) is 11.0. The molecule has 0 radical (unpaired) electrons. The zero-order valence-electron chi connectivity index (χ0n) is 13.7. The van der Waals surface area contributed by atoms with Gasteiger partial charge in [0.25, 0.3) is 5.91 Å². The Bertz CT molecular complexity index is 576. The fourth-order valence-electron chi connectivity index (χ4n) is 3.51. The largest absolute Gasteiger partial charge is 0.339 e. The molecule has 1 heterocycles. The minimum atomic E-state index is 0.0555. The number of hydrogen-bond acceptors (Lipinski definition) is 3. The Morgan fingerprint density at radius 1 is 1.00 bits per heavy atom. The van der Waals surface area contributed by atoms with Crippen molar-refractivity contribution in [2.45, 2.75) is 32.2 Å². The van der Waals surface area contributed by atoms with Crippen LogP contribution in [0.5, 0.6) is 0 Å². The number of nitrogens with two attached hydrogens (primary N) is 1. The number of carbonyl (C=O) groups is 2. The van der Waals surface area contributed by atoms with Crippen molar-refractivity contribution in [2.75, 3.05) is 26.2 Å². The van der Waals surface area contributed by atoms with Gasteiger partial charge in [0.2, 0.25) is 5.91 Å². The summed E-state index contributed by atoms with van der Waals surface area (Å²) in [6, 6.07) is 7.82. The summed E-state index contributed by atoms with van der Waals surface area (Å²) >= 11 is 0. The van der Waals surface area contributed by atoms with Crippen molar-refractivity contribution in [2.24, 2.45) is 11.7 Å². The number of amides is 2. The molecular weight excluding hydrogens is 290 g/mol. The van der Waals surface area contributed by atoms with Gasteiger partial charge in [-0.2, -0.15) is 0 Å². The first-order valence-corrected chi connectivity index (χ1v) is 8.45. The van der Waals surface area contributed by atoms with Gasteiger partial charge in [-0.15, -0.1) is 0 Å². The van der Waals surface area contributed by atoms with Crippen LogP contribution < -0.4 is 5.73 Å². The SMILES string of the molecule is Cc1ccc(C(=O)N2CCN(C(=O)C3CCC(N)C3)CC2)cc1. The number of hydrogen-bond donors (Lipinski definition) is 1. The third-order valence-corrected chi connectivity index (χ3v) is 5.00. The van der Waals surface area contributed by atoms with E-state index < -0.39 is 0 Å². The van der Waals surface area contributed by atoms with Crippen molar-refractivity contribution in [3.05, 3.63) is 35.4 Å². The monoisotopic (exact) mass is 315 g/mol. The van der Waals surface area contributed by atoms with Gasteiger partial charge >= 0.3 is 0 Å². The van der Waals surface area contributed by atoms with Gasteiger partial charge in [-0.1, -0.05) is 17.7 Å². The summed E-state index contributed by atoms with van der Waals surface area (Å²) < 4.78 is 0. The van der Waals surface area contributed by atoms with E-state index >= 15 is 0 Å². The molecule has 1 aromatic carbocycles. The number of benzene rings is 1. The van der Waals surface area contributed by atoms with Crippen LogP contribution in [0, 0.1) is 12.8 Å². The van der Waals surface area contributed by atoms with Crippen LogP contribution in [0.25, 0.3) is 0 Å². The summed E-state index contributed by atoms with van der Waals surface area (Å²) in [5.74, 6) is 0.365. The molecule has 1 aliphatic carbocycles. The molecule has 2 aliphatic rings.